The van der Waals surface area contributed by atoms with Gasteiger partial charge in [0, 0.05) is 6.04 Å². The molecule has 0 bridgehead atoms. The quantitative estimate of drug-likeness (QED) is 0.778. The summed E-state index contributed by atoms with van der Waals surface area (Å²) in [5, 5.41) is 2.65. The van der Waals surface area contributed by atoms with Gasteiger partial charge in [-0.05, 0) is 35.1 Å². The Bertz CT molecular complexity index is 567. The van der Waals surface area contributed by atoms with Crippen LogP contribution in [-0.2, 0) is 6.42 Å². The van der Waals surface area contributed by atoms with Crippen LogP contribution in [0.5, 0.6) is 0 Å². The van der Waals surface area contributed by atoms with E-state index in [4.69, 9.17) is 5.73 Å². The molecule has 0 heterocycles. The second-order valence-electron chi connectivity index (χ2n) is 6.74. The van der Waals surface area contributed by atoms with Gasteiger partial charge in [0.1, 0.15) is 0 Å². The number of hydrogen-bond donors (Lipinski definition) is 1. The van der Waals surface area contributed by atoms with Gasteiger partial charge in [-0.15, -0.1) is 0 Å². The molecule has 0 saturated heterocycles. The van der Waals surface area contributed by atoms with E-state index in [2.05, 4.69) is 42.5 Å². The Kier molecular flexibility index (Phi) is 4.92. The minimum absolute atomic E-state index is 0.314. The molecule has 1 atom stereocenters. The summed E-state index contributed by atoms with van der Waals surface area (Å²) in [6, 6.07) is 15.7. The molecular formula is C20H27N. The fourth-order valence-corrected chi connectivity index (χ4v) is 3.78. The zero-order chi connectivity index (χ0) is 14.5. The van der Waals surface area contributed by atoms with Crippen molar-refractivity contribution in [3.63, 3.8) is 0 Å². The van der Waals surface area contributed by atoms with Gasteiger partial charge in [-0.3, -0.25) is 0 Å². The maximum atomic E-state index is 6.43. The molecule has 21 heavy (non-hydrogen) atoms. The summed E-state index contributed by atoms with van der Waals surface area (Å²) in [7, 11) is 0. The lowest BCUT2D eigenvalue weighted by atomic mass is 9.90. The van der Waals surface area contributed by atoms with Gasteiger partial charge in [-0.1, -0.05) is 81.0 Å². The lowest BCUT2D eigenvalue weighted by molar-refractivity contribution is 0.387. The summed E-state index contributed by atoms with van der Waals surface area (Å²) < 4.78 is 0. The van der Waals surface area contributed by atoms with Gasteiger partial charge in [0.25, 0.3) is 0 Å². The van der Waals surface area contributed by atoms with Gasteiger partial charge < -0.3 is 5.73 Å². The van der Waals surface area contributed by atoms with Crippen molar-refractivity contribution in [1.82, 2.24) is 0 Å². The second-order valence-corrected chi connectivity index (χ2v) is 6.74. The van der Waals surface area contributed by atoms with Crippen LogP contribution in [0.25, 0.3) is 10.8 Å². The molecule has 3 rings (SSSR count). The molecule has 0 radical (unpaired) electrons. The van der Waals surface area contributed by atoms with E-state index < -0.39 is 0 Å². The maximum Gasteiger partial charge on any atom is 0.00819 e. The third-order valence-corrected chi connectivity index (χ3v) is 4.92. The number of rotatable bonds is 4. The molecule has 1 unspecified atom stereocenters. The van der Waals surface area contributed by atoms with Gasteiger partial charge >= 0.3 is 0 Å². The van der Waals surface area contributed by atoms with E-state index in [1.165, 1.54) is 61.3 Å². The minimum atomic E-state index is 0.314. The Morgan fingerprint density at radius 2 is 1.62 bits per heavy atom. The number of benzene rings is 2. The number of hydrogen-bond acceptors (Lipinski definition) is 1. The van der Waals surface area contributed by atoms with Crippen LogP contribution in [0, 0.1) is 5.92 Å². The van der Waals surface area contributed by atoms with E-state index >= 15 is 0 Å². The maximum absolute atomic E-state index is 6.43. The monoisotopic (exact) mass is 281 g/mol. The largest absolute Gasteiger partial charge is 0.327 e. The first-order chi connectivity index (χ1) is 10.3. The van der Waals surface area contributed by atoms with Crippen LogP contribution in [0.15, 0.2) is 42.5 Å². The molecule has 1 fully saturated rings. The van der Waals surface area contributed by atoms with Crippen LogP contribution in [0.4, 0.5) is 0 Å². The zero-order valence-corrected chi connectivity index (χ0v) is 12.9. The Labute approximate surface area is 128 Å². The zero-order valence-electron chi connectivity index (χ0n) is 12.9. The highest BCUT2D eigenvalue weighted by molar-refractivity contribution is 5.82. The fraction of sp³-hybridized carbons (Fsp3) is 0.500. The van der Waals surface area contributed by atoms with Gasteiger partial charge in [-0.25, -0.2) is 0 Å². The van der Waals surface area contributed by atoms with E-state index in [1.54, 1.807) is 0 Å². The van der Waals surface area contributed by atoms with Crippen LogP contribution in [-0.4, -0.2) is 6.04 Å². The Morgan fingerprint density at radius 3 is 2.38 bits per heavy atom. The first-order valence-electron chi connectivity index (χ1n) is 8.54. The van der Waals surface area contributed by atoms with Crippen molar-refractivity contribution in [2.45, 2.75) is 57.4 Å². The van der Waals surface area contributed by atoms with E-state index in [1.807, 2.05) is 0 Å². The SMILES string of the molecule is NC(Cc1ccc2ccccc2c1)CC1CCCCCC1. The van der Waals surface area contributed by atoms with Crippen LogP contribution in [0.2, 0.25) is 0 Å². The standard InChI is InChI=1S/C20H27N/c21-20(14-16-7-3-1-2-4-8-16)15-17-11-12-18-9-5-6-10-19(18)13-17/h5-6,9-13,16,20H,1-4,7-8,14-15,21H2. The summed E-state index contributed by atoms with van der Waals surface area (Å²) in [5.74, 6) is 0.864. The average molecular weight is 281 g/mol. The van der Waals surface area contributed by atoms with Gasteiger partial charge in [0.2, 0.25) is 0 Å². The Morgan fingerprint density at radius 1 is 0.905 bits per heavy atom. The molecule has 1 saturated carbocycles. The summed E-state index contributed by atoms with van der Waals surface area (Å²) in [6.07, 6.45) is 10.7. The summed E-state index contributed by atoms with van der Waals surface area (Å²) >= 11 is 0. The molecule has 0 spiro atoms. The third-order valence-electron chi connectivity index (χ3n) is 4.92. The molecular weight excluding hydrogens is 254 g/mol. The lowest BCUT2D eigenvalue weighted by Crippen LogP contribution is -2.26. The molecule has 1 aliphatic rings. The van der Waals surface area contributed by atoms with Crippen molar-refractivity contribution < 1.29 is 0 Å². The van der Waals surface area contributed by atoms with Crippen molar-refractivity contribution in [1.29, 1.82) is 0 Å². The van der Waals surface area contributed by atoms with Gasteiger partial charge in [0.15, 0.2) is 0 Å². The normalized spacial score (nSPS) is 18.5. The number of fused-ring (bicyclic) bond motifs is 1. The first-order valence-corrected chi connectivity index (χ1v) is 8.54. The van der Waals surface area contributed by atoms with Crippen molar-refractivity contribution in [2.24, 2.45) is 11.7 Å². The molecule has 2 aromatic carbocycles. The second kappa shape index (κ2) is 7.09. The van der Waals surface area contributed by atoms with Crippen LogP contribution < -0.4 is 5.73 Å². The fourth-order valence-electron chi connectivity index (χ4n) is 3.78. The molecule has 0 aliphatic heterocycles. The molecule has 1 heteroatoms. The Balaban J connectivity index is 1.61. The number of nitrogens with two attached hydrogens (primary N) is 1. The molecule has 1 nitrogen and oxygen atoms in total. The first kappa shape index (κ1) is 14.6. The topological polar surface area (TPSA) is 26.0 Å². The molecule has 112 valence electrons. The van der Waals surface area contributed by atoms with E-state index in [-0.39, 0.29) is 0 Å². The Hall–Kier alpha value is -1.34. The molecule has 2 N–H and O–H groups in total. The predicted octanol–water partition coefficient (Wildman–Crippen LogP) is 5.07. The van der Waals surface area contributed by atoms with E-state index in [9.17, 15) is 0 Å². The van der Waals surface area contributed by atoms with Crippen LogP contribution in [0.3, 0.4) is 0 Å². The lowest BCUT2D eigenvalue weighted by Gasteiger charge is -2.19. The van der Waals surface area contributed by atoms with E-state index in [0.717, 1.165) is 12.3 Å². The highest BCUT2D eigenvalue weighted by Gasteiger charge is 2.16. The third kappa shape index (κ3) is 4.07. The molecule has 2 aromatic rings. The summed E-state index contributed by atoms with van der Waals surface area (Å²) in [6.45, 7) is 0. The summed E-state index contributed by atoms with van der Waals surface area (Å²) in [4.78, 5) is 0. The van der Waals surface area contributed by atoms with Crippen molar-refractivity contribution in [2.75, 3.05) is 0 Å². The van der Waals surface area contributed by atoms with Crippen molar-refractivity contribution >= 4 is 10.8 Å². The molecule has 0 aromatic heterocycles. The van der Waals surface area contributed by atoms with E-state index in [0.29, 0.717) is 6.04 Å². The molecule has 0 amide bonds. The van der Waals surface area contributed by atoms with Crippen molar-refractivity contribution in [3.05, 3.63) is 48.0 Å². The highest BCUT2D eigenvalue weighted by Crippen LogP contribution is 2.27. The predicted molar refractivity (Wildman–Crippen MR) is 91.4 cm³/mol. The van der Waals surface area contributed by atoms with Gasteiger partial charge in [0.05, 0.1) is 0 Å². The van der Waals surface area contributed by atoms with Crippen LogP contribution >= 0.6 is 0 Å². The van der Waals surface area contributed by atoms with Crippen LogP contribution in [0.1, 0.15) is 50.5 Å². The smallest absolute Gasteiger partial charge is 0.00819 e. The average Bonchev–Trinajstić information content (AvgIpc) is 2.75. The van der Waals surface area contributed by atoms with Gasteiger partial charge in [-0.2, -0.15) is 0 Å². The minimum Gasteiger partial charge on any atom is -0.327 e. The van der Waals surface area contributed by atoms with Crippen molar-refractivity contribution in [3.8, 4) is 0 Å². The highest BCUT2D eigenvalue weighted by atomic mass is 14.6. The molecule has 1 aliphatic carbocycles. The summed E-state index contributed by atoms with van der Waals surface area (Å²) in [5.41, 5.74) is 7.82.